The van der Waals surface area contributed by atoms with Crippen LogP contribution in [0.4, 0.5) is 18.9 Å². The topological polar surface area (TPSA) is 115 Å². The molecule has 2 aromatic rings. The molecule has 2 rings (SSSR count). The Morgan fingerprint density at radius 2 is 1.90 bits per heavy atom. The molecule has 0 fully saturated rings. The number of nitro groups is 1. The summed E-state index contributed by atoms with van der Waals surface area (Å²) in [6.07, 6.45) is -4.27. The van der Waals surface area contributed by atoms with Gasteiger partial charge >= 0.3 is 6.18 Å². The Morgan fingerprint density at radius 3 is 2.52 bits per heavy atom. The standard InChI is InChI=1S/C18H16F3N3O4S/c19-18(20,21)13-4-5-15(14(9-13)24(27)28)29-10-16(25)23-7-6-11-2-1-3-12(8-11)17(22)26/h1-5,8-9H,6-7,10H2,(H2,22,26)(H,23,25). The number of rotatable bonds is 8. The lowest BCUT2D eigenvalue weighted by molar-refractivity contribution is -0.388. The van der Waals surface area contributed by atoms with Gasteiger partial charge < -0.3 is 11.1 Å². The van der Waals surface area contributed by atoms with Crippen LogP contribution in [0.3, 0.4) is 0 Å². The van der Waals surface area contributed by atoms with Crippen LogP contribution in [-0.2, 0) is 17.4 Å². The van der Waals surface area contributed by atoms with Crippen LogP contribution in [0.2, 0.25) is 0 Å². The summed E-state index contributed by atoms with van der Waals surface area (Å²) in [4.78, 5) is 33.2. The number of nitro benzene ring substituents is 1. The molecule has 0 atom stereocenters. The maximum atomic E-state index is 12.7. The quantitative estimate of drug-likeness (QED) is 0.381. The third kappa shape index (κ3) is 6.49. The summed E-state index contributed by atoms with van der Waals surface area (Å²) in [6.45, 7) is 0.247. The lowest BCUT2D eigenvalue weighted by atomic mass is 10.1. The van der Waals surface area contributed by atoms with E-state index in [2.05, 4.69) is 5.32 Å². The summed E-state index contributed by atoms with van der Waals surface area (Å²) in [6, 6.07) is 8.77. The summed E-state index contributed by atoms with van der Waals surface area (Å²) in [5.74, 6) is -1.20. The summed E-state index contributed by atoms with van der Waals surface area (Å²) in [7, 11) is 0. The highest BCUT2D eigenvalue weighted by Gasteiger charge is 2.33. The summed E-state index contributed by atoms with van der Waals surface area (Å²) >= 11 is 0.773. The Labute approximate surface area is 167 Å². The van der Waals surface area contributed by atoms with E-state index in [1.807, 2.05) is 0 Å². The highest BCUT2D eigenvalue weighted by Crippen LogP contribution is 2.36. The number of hydrogen-bond donors (Lipinski definition) is 2. The van der Waals surface area contributed by atoms with E-state index in [0.29, 0.717) is 18.1 Å². The largest absolute Gasteiger partial charge is 0.416 e. The van der Waals surface area contributed by atoms with Crippen molar-refractivity contribution in [2.75, 3.05) is 12.3 Å². The second kappa shape index (κ2) is 9.41. The van der Waals surface area contributed by atoms with Crippen molar-refractivity contribution in [1.29, 1.82) is 0 Å². The van der Waals surface area contributed by atoms with E-state index in [1.54, 1.807) is 24.3 Å². The molecule has 0 spiro atoms. The Bertz CT molecular complexity index is 935. The van der Waals surface area contributed by atoms with E-state index in [1.165, 1.54) is 0 Å². The average molecular weight is 427 g/mol. The maximum Gasteiger partial charge on any atom is 0.416 e. The molecule has 0 heterocycles. The number of nitrogens with two attached hydrogens (primary N) is 1. The molecule has 0 saturated heterocycles. The first-order valence-electron chi connectivity index (χ1n) is 8.22. The molecule has 2 aromatic carbocycles. The number of hydrogen-bond acceptors (Lipinski definition) is 5. The molecule has 0 aliphatic heterocycles. The lowest BCUT2D eigenvalue weighted by Gasteiger charge is -2.09. The van der Waals surface area contributed by atoms with Crippen LogP contribution in [0.15, 0.2) is 47.4 Å². The second-order valence-corrected chi connectivity index (χ2v) is 6.91. The van der Waals surface area contributed by atoms with Crippen LogP contribution in [0, 0.1) is 10.1 Å². The van der Waals surface area contributed by atoms with Crippen molar-refractivity contribution in [2.45, 2.75) is 17.5 Å². The van der Waals surface area contributed by atoms with Gasteiger partial charge in [0.05, 0.1) is 21.1 Å². The fourth-order valence-corrected chi connectivity index (χ4v) is 3.21. The van der Waals surface area contributed by atoms with E-state index < -0.39 is 34.2 Å². The lowest BCUT2D eigenvalue weighted by Crippen LogP contribution is -2.27. The number of thioether (sulfide) groups is 1. The van der Waals surface area contributed by atoms with E-state index in [4.69, 9.17) is 5.73 Å². The minimum absolute atomic E-state index is 0.0349. The van der Waals surface area contributed by atoms with Crippen LogP contribution in [0.1, 0.15) is 21.5 Å². The predicted molar refractivity (Wildman–Crippen MR) is 100 cm³/mol. The Balaban J connectivity index is 1.91. The Kier molecular flexibility index (Phi) is 7.21. The van der Waals surface area contributed by atoms with Gasteiger partial charge in [-0.05, 0) is 36.2 Å². The third-order valence-corrected chi connectivity index (χ3v) is 4.85. The van der Waals surface area contributed by atoms with Gasteiger partial charge in [-0.25, -0.2) is 0 Å². The molecular formula is C18H16F3N3O4S. The molecule has 11 heteroatoms. The normalized spacial score (nSPS) is 11.1. The monoisotopic (exact) mass is 427 g/mol. The van der Waals surface area contributed by atoms with Gasteiger partial charge in [-0.15, -0.1) is 11.8 Å². The smallest absolute Gasteiger partial charge is 0.366 e. The molecule has 0 aliphatic carbocycles. The Hall–Kier alpha value is -3.08. The number of alkyl halides is 3. The number of halogens is 3. The third-order valence-electron chi connectivity index (χ3n) is 3.79. The van der Waals surface area contributed by atoms with Crippen LogP contribution < -0.4 is 11.1 Å². The van der Waals surface area contributed by atoms with Gasteiger partial charge in [0.25, 0.3) is 5.69 Å². The molecule has 0 radical (unpaired) electrons. The van der Waals surface area contributed by atoms with Crippen molar-refractivity contribution in [2.24, 2.45) is 5.73 Å². The van der Waals surface area contributed by atoms with Crippen LogP contribution in [0.25, 0.3) is 0 Å². The second-order valence-electron chi connectivity index (χ2n) is 5.89. The van der Waals surface area contributed by atoms with Crippen LogP contribution in [0.5, 0.6) is 0 Å². The number of amides is 2. The molecule has 0 saturated carbocycles. The predicted octanol–water partition coefficient (Wildman–Crippen LogP) is 3.16. The van der Waals surface area contributed by atoms with Crippen LogP contribution >= 0.6 is 11.8 Å². The zero-order chi connectivity index (χ0) is 21.6. The van der Waals surface area contributed by atoms with Crippen molar-refractivity contribution < 1.29 is 27.7 Å². The maximum absolute atomic E-state index is 12.7. The molecule has 0 unspecified atom stereocenters. The zero-order valence-corrected chi connectivity index (χ0v) is 15.7. The van der Waals surface area contributed by atoms with Gasteiger partial charge in [-0.3, -0.25) is 19.7 Å². The first-order chi connectivity index (χ1) is 13.6. The minimum atomic E-state index is -4.70. The number of nitrogens with one attached hydrogen (secondary N) is 1. The fourth-order valence-electron chi connectivity index (χ4n) is 2.38. The first kappa shape index (κ1) is 22.2. The van der Waals surface area contributed by atoms with Crippen molar-refractivity contribution >= 4 is 29.3 Å². The van der Waals surface area contributed by atoms with E-state index >= 15 is 0 Å². The number of primary amides is 1. The van der Waals surface area contributed by atoms with Gasteiger partial charge in [0.2, 0.25) is 11.8 Å². The van der Waals surface area contributed by atoms with E-state index in [0.717, 1.165) is 29.5 Å². The Morgan fingerprint density at radius 1 is 1.17 bits per heavy atom. The number of benzene rings is 2. The molecule has 7 nitrogen and oxygen atoms in total. The van der Waals surface area contributed by atoms with E-state index in [-0.39, 0.29) is 17.2 Å². The van der Waals surface area contributed by atoms with Gasteiger partial charge in [-0.1, -0.05) is 12.1 Å². The number of carbonyl (C=O) groups excluding carboxylic acids is 2. The molecule has 154 valence electrons. The average Bonchev–Trinajstić information content (AvgIpc) is 2.65. The molecule has 3 N–H and O–H groups in total. The molecule has 0 aromatic heterocycles. The number of carbonyl (C=O) groups is 2. The van der Waals surface area contributed by atoms with Crippen molar-refractivity contribution in [3.63, 3.8) is 0 Å². The molecule has 29 heavy (non-hydrogen) atoms. The zero-order valence-electron chi connectivity index (χ0n) is 14.9. The minimum Gasteiger partial charge on any atom is -0.366 e. The van der Waals surface area contributed by atoms with Crippen molar-refractivity contribution in [3.8, 4) is 0 Å². The molecule has 0 bridgehead atoms. The highest BCUT2D eigenvalue weighted by molar-refractivity contribution is 8.00. The summed E-state index contributed by atoms with van der Waals surface area (Å²) in [5, 5.41) is 13.6. The first-order valence-corrected chi connectivity index (χ1v) is 9.20. The fraction of sp³-hybridized carbons (Fsp3) is 0.222. The highest BCUT2D eigenvalue weighted by atomic mass is 32.2. The van der Waals surface area contributed by atoms with Gasteiger partial charge in [0, 0.05) is 18.2 Å². The van der Waals surface area contributed by atoms with E-state index in [9.17, 15) is 32.9 Å². The van der Waals surface area contributed by atoms with Gasteiger partial charge in [-0.2, -0.15) is 13.2 Å². The molecule has 0 aliphatic rings. The molecule has 2 amide bonds. The number of nitrogens with zero attached hydrogens (tertiary/aromatic N) is 1. The SMILES string of the molecule is NC(=O)c1cccc(CCNC(=O)CSc2ccc(C(F)(F)F)cc2[N+](=O)[O-])c1. The van der Waals surface area contributed by atoms with Crippen LogP contribution in [-0.4, -0.2) is 29.0 Å². The van der Waals surface area contributed by atoms with Gasteiger partial charge in [0.1, 0.15) is 0 Å². The molecular weight excluding hydrogens is 411 g/mol. The van der Waals surface area contributed by atoms with Crippen molar-refractivity contribution in [3.05, 3.63) is 69.3 Å². The van der Waals surface area contributed by atoms with Gasteiger partial charge in [0.15, 0.2) is 0 Å². The summed E-state index contributed by atoms with van der Waals surface area (Å²) < 4.78 is 38.1. The summed E-state index contributed by atoms with van der Waals surface area (Å²) in [5.41, 5.74) is 4.49. The van der Waals surface area contributed by atoms with Crippen molar-refractivity contribution in [1.82, 2.24) is 5.32 Å².